The number of nitrogens with zero attached hydrogens (tertiary/aromatic N) is 3. The van der Waals surface area contributed by atoms with Gasteiger partial charge in [-0.25, -0.2) is 0 Å². The predicted molar refractivity (Wildman–Crippen MR) is 100 cm³/mol. The molecule has 3 rings (SSSR count). The fourth-order valence-electron chi connectivity index (χ4n) is 2.96. The van der Waals surface area contributed by atoms with Gasteiger partial charge >= 0.3 is 0 Å². The lowest BCUT2D eigenvalue weighted by molar-refractivity contribution is -0.131. The number of likely N-dealkylation sites (tertiary alicyclic amines) is 1. The Hall–Kier alpha value is -2.02. The summed E-state index contributed by atoms with van der Waals surface area (Å²) >= 11 is 1.33. The van der Waals surface area contributed by atoms with Crippen LogP contribution in [0.1, 0.15) is 38.1 Å². The Balaban J connectivity index is 1.54. The molecule has 26 heavy (non-hydrogen) atoms. The number of amides is 1. The van der Waals surface area contributed by atoms with Crippen LogP contribution in [0.4, 0.5) is 0 Å². The summed E-state index contributed by atoms with van der Waals surface area (Å²) in [5.74, 6) is 2.22. The lowest BCUT2D eigenvalue weighted by atomic mass is 9.99. The number of thioether (sulfide) groups is 1. The van der Waals surface area contributed by atoms with Gasteiger partial charge in [-0.05, 0) is 43.4 Å². The van der Waals surface area contributed by atoms with Crippen molar-refractivity contribution in [3.05, 3.63) is 35.7 Å². The molecule has 1 fully saturated rings. The molecule has 0 radical (unpaired) electrons. The molecule has 6 nitrogen and oxygen atoms in total. The van der Waals surface area contributed by atoms with Crippen molar-refractivity contribution in [2.75, 3.05) is 20.2 Å². The second-order valence-electron chi connectivity index (χ2n) is 6.75. The number of ether oxygens (including phenoxy) is 1. The fourth-order valence-corrected chi connectivity index (χ4v) is 3.75. The highest BCUT2D eigenvalue weighted by Gasteiger charge is 2.26. The van der Waals surface area contributed by atoms with Crippen molar-refractivity contribution in [3.8, 4) is 5.75 Å². The van der Waals surface area contributed by atoms with Gasteiger partial charge in [0.1, 0.15) is 5.75 Å². The van der Waals surface area contributed by atoms with Gasteiger partial charge in [-0.3, -0.25) is 4.79 Å². The molecule has 0 spiro atoms. The van der Waals surface area contributed by atoms with Crippen LogP contribution in [0.15, 0.2) is 33.9 Å². The quantitative estimate of drug-likeness (QED) is 0.721. The monoisotopic (exact) mass is 375 g/mol. The number of carbonyl (C=O) groups excluding carboxylic acids is 1. The third kappa shape index (κ3) is 4.78. The number of carbonyl (C=O) groups is 1. The number of hydrogen-bond acceptors (Lipinski definition) is 6. The van der Waals surface area contributed by atoms with E-state index in [4.69, 9.17) is 9.15 Å². The van der Waals surface area contributed by atoms with E-state index in [1.807, 2.05) is 36.1 Å². The lowest BCUT2D eigenvalue weighted by Crippen LogP contribution is -2.41. The number of benzene rings is 1. The van der Waals surface area contributed by atoms with Crippen molar-refractivity contribution < 1.29 is 13.9 Å². The number of hydrogen-bond donors (Lipinski definition) is 0. The Morgan fingerprint density at radius 3 is 2.65 bits per heavy atom. The van der Waals surface area contributed by atoms with Crippen LogP contribution < -0.4 is 4.74 Å². The highest BCUT2D eigenvalue weighted by atomic mass is 32.2. The van der Waals surface area contributed by atoms with Crippen LogP contribution in [-0.2, 0) is 11.2 Å². The molecule has 1 amide bonds. The molecule has 2 heterocycles. The molecule has 0 saturated carbocycles. The molecule has 1 unspecified atom stereocenters. The Morgan fingerprint density at radius 1 is 1.31 bits per heavy atom. The SMILES string of the molecule is COc1ccc(Cc2nnc(SC(C)C(=O)N3CCC(C)CC3)o2)cc1. The smallest absolute Gasteiger partial charge is 0.277 e. The third-order valence-electron chi connectivity index (χ3n) is 4.68. The molecule has 1 aliphatic rings. The Morgan fingerprint density at radius 2 is 2.00 bits per heavy atom. The minimum absolute atomic E-state index is 0.150. The molecule has 0 N–H and O–H groups in total. The predicted octanol–water partition coefficient (Wildman–Crippen LogP) is 3.41. The van der Waals surface area contributed by atoms with Crippen LogP contribution >= 0.6 is 11.8 Å². The Kier molecular flexibility index (Phi) is 6.19. The zero-order valence-corrected chi connectivity index (χ0v) is 16.3. The summed E-state index contributed by atoms with van der Waals surface area (Å²) in [6, 6.07) is 7.75. The second kappa shape index (κ2) is 8.58. The first-order chi connectivity index (χ1) is 12.5. The molecular formula is C19H25N3O3S. The summed E-state index contributed by atoms with van der Waals surface area (Å²) in [5.41, 5.74) is 1.07. The van der Waals surface area contributed by atoms with E-state index in [2.05, 4.69) is 17.1 Å². The van der Waals surface area contributed by atoms with Gasteiger partial charge < -0.3 is 14.1 Å². The van der Waals surface area contributed by atoms with Crippen molar-refractivity contribution >= 4 is 17.7 Å². The Bertz CT molecular complexity index is 724. The zero-order chi connectivity index (χ0) is 18.5. The van der Waals surface area contributed by atoms with E-state index in [-0.39, 0.29) is 11.2 Å². The Labute approximate surface area is 158 Å². The summed E-state index contributed by atoms with van der Waals surface area (Å²) < 4.78 is 10.9. The molecule has 1 aromatic heterocycles. The summed E-state index contributed by atoms with van der Waals surface area (Å²) in [6.07, 6.45) is 2.72. The minimum atomic E-state index is -0.224. The van der Waals surface area contributed by atoms with Gasteiger partial charge in [0.25, 0.3) is 5.22 Å². The largest absolute Gasteiger partial charge is 0.497 e. The zero-order valence-electron chi connectivity index (χ0n) is 15.5. The first kappa shape index (κ1) is 18.8. The van der Waals surface area contributed by atoms with Crippen LogP contribution in [-0.4, -0.2) is 46.5 Å². The lowest BCUT2D eigenvalue weighted by Gasteiger charge is -2.31. The van der Waals surface area contributed by atoms with E-state index in [0.717, 1.165) is 37.2 Å². The fraction of sp³-hybridized carbons (Fsp3) is 0.526. The van der Waals surface area contributed by atoms with Crippen molar-refractivity contribution in [3.63, 3.8) is 0 Å². The molecule has 0 aliphatic carbocycles. The summed E-state index contributed by atoms with van der Waals surface area (Å²) in [5, 5.41) is 8.39. The first-order valence-electron chi connectivity index (χ1n) is 8.96. The van der Waals surface area contributed by atoms with Crippen molar-refractivity contribution in [1.29, 1.82) is 0 Å². The summed E-state index contributed by atoms with van der Waals surface area (Å²) in [7, 11) is 1.64. The molecule has 1 saturated heterocycles. The standard InChI is InChI=1S/C19H25N3O3S/c1-13-8-10-22(11-9-13)18(23)14(2)26-19-21-20-17(25-19)12-15-4-6-16(24-3)7-5-15/h4-7,13-14H,8-12H2,1-3H3. The van der Waals surface area contributed by atoms with Gasteiger partial charge in [0.15, 0.2) is 0 Å². The minimum Gasteiger partial charge on any atom is -0.497 e. The van der Waals surface area contributed by atoms with Crippen LogP contribution in [0.5, 0.6) is 5.75 Å². The topological polar surface area (TPSA) is 68.5 Å². The number of piperidine rings is 1. The molecule has 1 aliphatic heterocycles. The van der Waals surface area contributed by atoms with E-state index in [1.165, 1.54) is 11.8 Å². The molecule has 0 bridgehead atoms. The van der Waals surface area contributed by atoms with Crippen LogP contribution in [0.3, 0.4) is 0 Å². The molecule has 7 heteroatoms. The van der Waals surface area contributed by atoms with Gasteiger partial charge in [-0.15, -0.1) is 10.2 Å². The van der Waals surface area contributed by atoms with E-state index in [1.54, 1.807) is 7.11 Å². The molecule has 1 atom stereocenters. The number of rotatable bonds is 6. The van der Waals surface area contributed by atoms with Gasteiger partial charge in [-0.2, -0.15) is 0 Å². The van der Waals surface area contributed by atoms with E-state index in [9.17, 15) is 4.79 Å². The molecular weight excluding hydrogens is 350 g/mol. The maximum absolute atomic E-state index is 12.6. The van der Waals surface area contributed by atoms with E-state index < -0.39 is 0 Å². The van der Waals surface area contributed by atoms with Crippen LogP contribution in [0.2, 0.25) is 0 Å². The van der Waals surface area contributed by atoms with Gasteiger partial charge in [-0.1, -0.05) is 30.8 Å². The van der Waals surface area contributed by atoms with Gasteiger partial charge in [0.2, 0.25) is 11.8 Å². The number of aromatic nitrogens is 2. The van der Waals surface area contributed by atoms with Crippen LogP contribution in [0.25, 0.3) is 0 Å². The van der Waals surface area contributed by atoms with Crippen LogP contribution in [0, 0.1) is 5.92 Å². The van der Waals surface area contributed by atoms with E-state index in [0.29, 0.717) is 23.5 Å². The first-order valence-corrected chi connectivity index (χ1v) is 9.84. The van der Waals surface area contributed by atoms with Crippen molar-refractivity contribution in [2.24, 2.45) is 5.92 Å². The summed E-state index contributed by atoms with van der Waals surface area (Å²) in [4.78, 5) is 14.5. The van der Waals surface area contributed by atoms with Gasteiger partial charge in [0, 0.05) is 13.1 Å². The maximum atomic E-state index is 12.6. The maximum Gasteiger partial charge on any atom is 0.277 e. The normalized spacial score (nSPS) is 16.5. The van der Waals surface area contributed by atoms with E-state index >= 15 is 0 Å². The van der Waals surface area contributed by atoms with Crippen molar-refractivity contribution in [1.82, 2.24) is 15.1 Å². The molecule has 2 aromatic rings. The molecule has 140 valence electrons. The van der Waals surface area contributed by atoms with Gasteiger partial charge in [0.05, 0.1) is 18.8 Å². The highest BCUT2D eigenvalue weighted by Crippen LogP contribution is 2.26. The third-order valence-corrected chi connectivity index (χ3v) is 5.61. The average Bonchev–Trinajstić information content (AvgIpc) is 3.09. The van der Waals surface area contributed by atoms with Crippen molar-refractivity contribution in [2.45, 2.75) is 43.6 Å². The highest BCUT2D eigenvalue weighted by molar-refractivity contribution is 8.00. The molecule has 1 aromatic carbocycles. The number of methoxy groups -OCH3 is 1. The second-order valence-corrected chi connectivity index (χ2v) is 8.05. The average molecular weight is 375 g/mol. The summed E-state index contributed by atoms with van der Waals surface area (Å²) in [6.45, 7) is 5.83.